The zero-order valence-corrected chi connectivity index (χ0v) is 13.1. The third-order valence-electron chi connectivity index (χ3n) is 3.71. The molecule has 0 fully saturated rings. The van der Waals surface area contributed by atoms with Crippen LogP contribution in [-0.4, -0.2) is 21.9 Å². The molecule has 2 heterocycles. The summed E-state index contributed by atoms with van der Waals surface area (Å²) in [5.74, 6) is 2.13. The summed E-state index contributed by atoms with van der Waals surface area (Å²) in [5, 5.41) is 5.22. The average molecular weight is 317 g/mol. The van der Waals surface area contributed by atoms with E-state index in [0.717, 1.165) is 22.3 Å². The van der Waals surface area contributed by atoms with Crippen molar-refractivity contribution in [2.75, 3.05) is 7.11 Å². The summed E-state index contributed by atoms with van der Waals surface area (Å²) in [6.45, 7) is 0. The first-order chi connectivity index (χ1) is 11.8. The average Bonchev–Trinajstić information content (AvgIpc) is 3.16. The summed E-state index contributed by atoms with van der Waals surface area (Å²) in [6.07, 6.45) is 5.35. The van der Waals surface area contributed by atoms with Crippen LogP contribution in [0.3, 0.4) is 0 Å². The van der Waals surface area contributed by atoms with Gasteiger partial charge in [0, 0.05) is 42.2 Å². The second kappa shape index (κ2) is 6.04. The van der Waals surface area contributed by atoms with Crippen molar-refractivity contribution in [3.63, 3.8) is 0 Å². The van der Waals surface area contributed by atoms with Gasteiger partial charge in [-0.3, -0.25) is 4.98 Å². The highest BCUT2D eigenvalue weighted by Gasteiger charge is 2.08. The number of ether oxygens (including phenoxy) is 2. The van der Waals surface area contributed by atoms with Crippen LogP contribution in [0.5, 0.6) is 17.2 Å². The zero-order valence-electron chi connectivity index (χ0n) is 13.1. The van der Waals surface area contributed by atoms with Crippen LogP contribution in [0.15, 0.2) is 73.2 Å². The molecule has 0 aliphatic heterocycles. The Kier molecular flexibility index (Phi) is 3.59. The quantitative estimate of drug-likeness (QED) is 0.565. The van der Waals surface area contributed by atoms with E-state index >= 15 is 0 Å². The molecule has 24 heavy (non-hydrogen) atoms. The van der Waals surface area contributed by atoms with Gasteiger partial charge in [0.1, 0.15) is 17.2 Å². The lowest BCUT2D eigenvalue weighted by atomic mass is 10.2. The van der Waals surface area contributed by atoms with Crippen molar-refractivity contribution in [1.29, 1.82) is 0 Å². The van der Waals surface area contributed by atoms with Crippen molar-refractivity contribution < 1.29 is 9.47 Å². The molecule has 0 amide bonds. The zero-order chi connectivity index (χ0) is 16.4. The standard InChI is InChI=1S/C19H15N3O2/c1-23-15-11-14(22-10-4-8-21-22)12-16(13-15)24-19-7-9-20-18-6-3-2-5-17(18)19/h2-13H,1H3. The third-order valence-corrected chi connectivity index (χ3v) is 3.71. The van der Waals surface area contributed by atoms with Gasteiger partial charge in [-0.05, 0) is 24.3 Å². The smallest absolute Gasteiger partial charge is 0.138 e. The van der Waals surface area contributed by atoms with Crippen LogP contribution in [0.4, 0.5) is 0 Å². The molecule has 0 bridgehead atoms. The second-order valence-electron chi connectivity index (χ2n) is 5.25. The Labute approximate surface area is 139 Å². The van der Waals surface area contributed by atoms with Gasteiger partial charge < -0.3 is 9.47 Å². The highest BCUT2D eigenvalue weighted by molar-refractivity contribution is 5.84. The predicted molar refractivity (Wildman–Crippen MR) is 91.9 cm³/mol. The minimum atomic E-state index is 0.677. The normalized spacial score (nSPS) is 10.7. The number of fused-ring (bicyclic) bond motifs is 1. The molecule has 0 saturated carbocycles. The summed E-state index contributed by atoms with van der Waals surface area (Å²) in [4.78, 5) is 4.36. The molecule has 4 rings (SSSR count). The summed E-state index contributed by atoms with van der Waals surface area (Å²) in [7, 11) is 1.63. The van der Waals surface area contributed by atoms with E-state index in [0.29, 0.717) is 11.5 Å². The third kappa shape index (κ3) is 2.67. The van der Waals surface area contributed by atoms with Crippen LogP contribution in [0.2, 0.25) is 0 Å². The van der Waals surface area contributed by atoms with E-state index in [1.165, 1.54) is 0 Å². The van der Waals surface area contributed by atoms with Crippen LogP contribution >= 0.6 is 0 Å². The minimum absolute atomic E-state index is 0.677. The van der Waals surface area contributed by atoms with Crippen molar-refractivity contribution in [2.24, 2.45) is 0 Å². The molecule has 5 heteroatoms. The van der Waals surface area contributed by atoms with E-state index in [-0.39, 0.29) is 0 Å². The number of pyridine rings is 1. The maximum Gasteiger partial charge on any atom is 0.138 e. The Morgan fingerprint density at radius 3 is 2.62 bits per heavy atom. The van der Waals surface area contributed by atoms with E-state index in [4.69, 9.17) is 9.47 Å². The van der Waals surface area contributed by atoms with Gasteiger partial charge >= 0.3 is 0 Å². The molecular weight excluding hydrogens is 302 g/mol. The van der Waals surface area contributed by atoms with Crippen LogP contribution in [-0.2, 0) is 0 Å². The Bertz CT molecular complexity index is 976. The number of nitrogens with zero attached hydrogens (tertiary/aromatic N) is 3. The van der Waals surface area contributed by atoms with E-state index < -0.39 is 0 Å². The van der Waals surface area contributed by atoms with Gasteiger partial charge in [0.15, 0.2) is 0 Å². The number of rotatable bonds is 4. The molecule has 0 N–H and O–H groups in total. The van der Waals surface area contributed by atoms with Crippen LogP contribution in [0.25, 0.3) is 16.6 Å². The van der Waals surface area contributed by atoms with Gasteiger partial charge in [-0.1, -0.05) is 12.1 Å². The van der Waals surface area contributed by atoms with Gasteiger partial charge in [-0.2, -0.15) is 5.10 Å². The molecule has 0 atom stereocenters. The number of hydrogen-bond donors (Lipinski definition) is 0. The lowest BCUT2D eigenvalue weighted by Gasteiger charge is -2.12. The Hall–Kier alpha value is -3.34. The fourth-order valence-electron chi connectivity index (χ4n) is 2.57. The highest BCUT2D eigenvalue weighted by atomic mass is 16.5. The van der Waals surface area contributed by atoms with E-state index in [1.54, 1.807) is 24.2 Å². The SMILES string of the molecule is COc1cc(Oc2ccnc3ccccc23)cc(-n2cccn2)c1. The van der Waals surface area contributed by atoms with Gasteiger partial charge in [0.2, 0.25) is 0 Å². The van der Waals surface area contributed by atoms with Crippen molar-refractivity contribution in [3.05, 3.63) is 73.2 Å². The lowest BCUT2D eigenvalue weighted by molar-refractivity contribution is 0.409. The molecule has 0 aliphatic rings. The summed E-state index contributed by atoms with van der Waals surface area (Å²) in [6, 6.07) is 17.3. The maximum absolute atomic E-state index is 6.11. The van der Waals surface area contributed by atoms with Crippen LogP contribution in [0.1, 0.15) is 0 Å². The fourth-order valence-corrected chi connectivity index (χ4v) is 2.57. The van der Waals surface area contributed by atoms with Gasteiger partial charge in [0.25, 0.3) is 0 Å². The summed E-state index contributed by atoms with van der Waals surface area (Å²) >= 11 is 0. The first-order valence-electron chi connectivity index (χ1n) is 7.54. The first kappa shape index (κ1) is 14.3. The van der Waals surface area contributed by atoms with Gasteiger partial charge in [-0.25, -0.2) is 4.68 Å². The Morgan fingerprint density at radius 2 is 1.79 bits per heavy atom. The highest BCUT2D eigenvalue weighted by Crippen LogP contribution is 2.32. The number of hydrogen-bond acceptors (Lipinski definition) is 4. The molecule has 118 valence electrons. The molecular formula is C19H15N3O2. The summed E-state index contributed by atoms with van der Waals surface area (Å²) < 4.78 is 13.3. The van der Waals surface area contributed by atoms with Crippen LogP contribution in [0, 0.1) is 0 Å². The largest absolute Gasteiger partial charge is 0.497 e. The minimum Gasteiger partial charge on any atom is -0.497 e. The molecule has 4 aromatic rings. The lowest BCUT2D eigenvalue weighted by Crippen LogP contribution is -1.97. The Morgan fingerprint density at radius 1 is 0.917 bits per heavy atom. The molecule has 5 nitrogen and oxygen atoms in total. The van der Waals surface area contributed by atoms with Crippen molar-refractivity contribution in [3.8, 4) is 22.9 Å². The van der Waals surface area contributed by atoms with Crippen molar-refractivity contribution in [2.45, 2.75) is 0 Å². The second-order valence-corrected chi connectivity index (χ2v) is 5.25. The summed E-state index contributed by atoms with van der Waals surface area (Å²) in [5.41, 5.74) is 1.76. The van der Waals surface area contributed by atoms with Crippen LogP contribution < -0.4 is 9.47 Å². The molecule has 0 radical (unpaired) electrons. The van der Waals surface area contributed by atoms with E-state index in [9.17, 15) is 0 Å². The van der Waals surface area contributed by atoms with E-state index in [2.05, 4.69) is 10.1 Å². The topological polar surface area (TPSA) is 49.2 Å². The molecule has 0 saturated heterocycles. The Balaban J connectivity index is 1.77. The monoisotopic (exact) mass is 317 g/mol. The first-order valence-corrected chi connectivity index (χ1v) is 7.54. The molecule has 0 unspecified atom stereocenters. The van der Waals surface area contributed by atoms with Crippen molar-refractivity contribution in [1.82, 2.24) is 14.8 Å². The maximum atomic E-state index is 6.11. The molecule has 2 aromatic heterocycles. The number of benzene rings is 2. The van der Waals surface area contributed by atoms with Gasteiger partial charge in [0.05, 0.1) is 18.3 Å². The van der Waals surface area contributed by atoms with E-state index in [1.807, 2.05) is 60.8 Å². The number of aromatic nitrogens is 3. The molecule has 2 aromatic carbocycles. The number of methoxy groups -OCH3 is 1. The molecule has 0 spiro atoms. The fraction of sp³-hybridized carbons (Fsp3) is 0.0526. The molecule has 0 aliphatic carbocycles. The van der Waals surface area contributed by atoms with Crippen molar-refractivity contribution >= 4 is 10.9 Å². The number of para-hydroxylation sites is 1. The predicted octanol–water partition coefficient (Wildman–Crippen LogP) is 4.22. The van der Waals surface area contributed by atoms with Gasteiger partial charge in [-0.15, -0.1) is 0 Å².